The van der Waals surface area contributed by atoms with Gasteiger partial charge in [-0.1, -0.05) is 17.3 Å². The molecule has 0 atom stereocenters. The van der Waals surface area contributed by atoms with E-state index in [1.165, 1.54) is 0 Å². The fourth-order valence-corrected chi connectivity index (χ4v) is 3.76. The number of hydrogen-bond donors (Lipinski definition) is 1. The minimum absolute atomic E-state index is 0.0949. The Labute approximate surface area is 168 Å². The molecule has 138 valence electrons. The highest BCUT2D eigenvalue weighted by Gasteiger charge is 2.15. The van der Waals surface area contributed by atoms with Gasteiger partial charge in [-0.2, -0.15) is 0 Å². The lowest BCUT2D eigenvalue weighted by Gasteiger charge is -2.09. The van der Waals surface area contributed by atoms with Crippen molar-refractivity contribution in [3.05, 3.63) is 56.5 Å². The van der Waals surface area contributed by atoms with Gasteiger partial charge in [-0.05, 0) is 67.3 Å². The van der Waals surface area contributed by atoms with Gasteiger partial charge in [0.05, 0.1) is 23.2 Å². The highest BCUT2D eigenvalue weighted by atomic mass is 79.9. The zero-order valence-corrected chi connectivity index (χ0v) is 17.3. The third-order valence-electron chi connectivity index (χ3n) is 3.45. The Kier molecular flexibility index (Phi) is 7.47. The lowest BCUT2D eigenvalue weighted by molar-refractivity contribution is -0.129. The molecule has 6 nitrogen and oxygen atoms in total. The van der Waals surface area contributed by atoms with E-state index in [-0.39, 0.29) is 18.7 Å². The van der Waals surface area contributed by atoms with Crippen LogP contribution < -0.4 is 9.47 Å². The molecule has 0 spiro atoms. The van der Waals surface area contributed by atoms with E-state index in [0.29, 0.717) is 14.7 Å². The standard InChI is InChI=1S/C18H17Br2NO5/c1-24-13-5-3-11(4-6-13)10-26-21-16(18(22)23)9-12-7-14(19)17(25-2)15(20)8-12/h3-8H,9-10H2,1-2H3,(H,22,23)/b21-16+. The first kappa shape index (κ1) is 20.3. The monoisotopic (exact) mass is 485 g/mol. The Hall–Kier alpha value is -2.06. The number of halogens is 2. The molecular weight excluding hydrogens is 470 g/mol. The number of hydrogen-bond acceptors (Lipinski definition) is 5. The van der Waals surface area contributed by atoms with Gasteiger partial charge >= 0.3 is 5.97 Å². The Bertz CT molecular complexity index is 783. The van der Waals surface area contributed by atoms with Crippen LogP contribution in [0.3, 0.4) is 0 Å². The molecule has 26 heavy (non-hydrogen) atoms. The number of benzene rings is 2. The van der Waals surface area contributed by atoms with Crippen LogP contribution in [0.1, 0.15) is 11.1 Å². The van der Waals surface area contributed by atoms with Crippen LogP contribution in [0, 0.1) is 0 Å². The maximum atomic E-state index is 11.4. The summed E-state index contributed by atoms with van der Waals surface area (Å²) in [7, 11) is 3.15. The van der Waals surface area contributed by atoms with Crippen molar-refractivity contribution in [2.75, 3.05) is 14.2 Å². The van der Waals surface area contributed by atoms with Crippen molar-refractivity contribution in [1.82, 2.24) is 0 Å². The molecule has 2 rings (SSSR count). The molecule has 0 fully saturated rings. The number of nitrogens with zero attached hydrogens (tertiary/aromatic N) is 1. The first-order valence-electron chi connectivity index (χ1n) is 7.51. The summed E-state index contributed by atoms with van der Waals surface area (Å²) in [5.41, 5.74) is 1.51. The quantitative estimate of drug-likeness (QED) is 0.441. The Morgan fingerprint density at radius 1 is 1.04 bits per heavy atom. The van der Waals surface area contributed by atoms with Crippen molar-refractivity contribution in [3.63, 3.8) is 0 Å². The minimum atomic E-state index is -1.14. The van der Waals surface area contributed by atoms with Crippen molar-refractivity contribution >= 4 is 43.5 Å². The predicted molar refractivity (Wildman–Crippen MR) is 105 cm³/mol. The summed E-state index contributed by atoms with van der Waals surface area (Å²) in [6.45, 7) is 0.163. The summed E-state index contributed by atoms with van der Waals surface area (Å²) in [5.74, 6) is 0.236. The van der Waals surface area contributed by atoms with Gasteiger partial charge in [-0.25, -0.2) is 4.79 Å². The molecule has 2 aromatic rings. The molecule has 8 heteroatoms. The number of ether oxygens (including phenoxy) is 2. The topological polar surface area (TPSA) is 77.3 Å². The molecular formula is C18H17Br2NO5. The third-order valence-corrected chi connectivity index (χ3v) is 4.62. The molecule has 0 heterocycles. The van der Waals surface area contributed by atoms with Gasteiger partial charge in [0.15, 0.2) is 5.71 Å². The Morgan fingerprint density at radius 3 is 2.15 bits per heavy atom. The van der Waals surface area contributed by atoms with Gasteiger partial charge in [-0.3, -0.25) is 0 Å². The SMILES string of the molecule is COc1ccc(CO/N=C(\Cc2cc(Br)c(OC)c(Br)c2)C(=O)O)cc1. The predicted octanol–water partition coefficient (Wildman–Crippen LogP) is 4.43. The van der Waals surface area contributed by atoms with Crippen LogP contribution in [-0.2, 0) is 22.7 Å². The number of methoxy groups -OCH3 is 2. The molecule has 0 radical (unpaired) electrons. The molecule has 0 unspecified atom stereocenters. The number of carbonyl (C=O) groups is 1. The van der Waals surface area contributed by atoms with Gasteiger partial charge in [0.25, 0.3) is 0 Å². The molecule has 0 saturated carbocycles. The van der Waals surface area contributed by atoms with E-state index in [9.17, 15) is 9.90 Å². The number of rotatable bonds is 8. The number of carboxylic acids is 1. The normalized spacial score (nSPS) is 11.2. The number of aliphatic carboxylic acids is 1. The summed E-state index contributed by atoms with van der Waals surface area (Å²) >= 11 is 6.79. The lowest BCUT2D eigenvalue weighted by atomic mass is 10.1. The third kappa shape index (κ3) is 5.47. The van der Waals surface area contributed by atoms with Crippen molar-refractivity contribution in [1.29, 1.82) is 0 Å². The number of carboxylic acid groups (broad SMARTS) is 1. The van der Waals surface area contributed by atoms with Crippen LogP contribution in [0.5, 0.6) is 11.5 Å². The average molecular weight is 487 g/mol. The van der Waals surface area contributed by atoms with E-state index in [1.54, 1.807) is 38.5 Å². The van der Waals surface area contributed by atoms with E-state index in [2.05, 4.69) is 37.0 Å². The van der Waals surface area contributed by atoms with E-state index in [0.717, 1.165) is 16.9 Å². The van der Waals surface area contributed by atoms with Crippen LogP contribution in [-0.4, -0.2) is 31.0 Å². The van der Waals surface area contributed by atoms with Crippen molar-refractivity contribution in [3.8, 4) is 11.5 Å². The molecule has 0 amide bonds. The second-order valence-corrected chi connectivity index (χ2v) is 6.94. The fourth-order valence-electron chi connectivity index (χ4n) is 2.16. The van der Waals surface area contributed by atoms with Crippen LogP contribution >= 0.6 is 31.9 Å². The summed E-state index contributed by atoms with van der Waals surface area (Å²) < 4.78 is 11.8. The maximum Gasteiger partial charge on any atom is 0.354 e. The van der Waals surface area contributed by atoms with Crippen molar-refractivity contribution in [2.45, 2.75) is 13.0 Å². The van der Waals surface area contributed by atoms with Crippen LogP contribution in [0.2, 0.25) is 0 Å². The summed E-state index contributed by atoms with van der Waals surface area (Å²) in [6, 6.07) is 10.8. The highest BCUT2D eigenvalue weighted by molar-refractivity contribution is 9.11. The molecule has 2 aromatic carbocycles. The zero-order valence-electron chi connectivity index (χ0n) is 14.2. The van der Waals surface area contributed by atoms with Crippen LogP contribution in [0.4, 0.5) is 0 Å². The molecule has 0 aliphatic rings. The lowest BCUT2D eigenvalue weighted by Crippen LogP contribution is -2.16. The van der Waals surface area contributed by atoms with Gasteiger partial charge in [0.1, 0.15) is 18.1 Å². The smallest absolute Gasteiger partial charge is 0.354 e. The summed E-state index contributed by atoms with van der Waals surface area (Å²) in [6.07, 6.45) is 0.110. The molecule has 0 aromatic heterocycles. The molecule has 1 N–H and O–H groups in total. The second kappa shape index (κ2) is 9.59. The van der Waals surface area contributed by atoms with Crippen LogP contribution in [0.15, 0.2) is 50.5 Å². The van der Waals surface area contributed by atoms with Crippen molar-refractivity contribution in [2.24, 2.45) is 5.16 Å². The zero-order chi connectivity index (χ0) is 19.1. The van der Waals surface area contributed by atoms with E-state index in [1.807, 2.05) is 12.1 Å². The molecule has 0 aliphatic heterocycles. The Morgan fingerprint density at radius 2 is 1.65 bits per heavy atom. The van der Waals surface area contributed by atoms with Crippen molar-refractivity contribution < 1.29 is 24.2 Å². The van der Waals surface area contributed by atoms with Crippen LogP contribution in [0.25, 0.3) is 0 Å². The van der Waals surface area contributed by atoms with Gasteiger partial charge in [0, 0.05) is 6.42 Å². The first-order chi connectivity index (χ1) is 12.4. The highest BCUT2D eigenvalue weighted by Crippen LogP contribution is 2.34. The Balaban J connectivity index is 2.08. The van der Waals surface area contributed by atoms with E-state index >= 15 is 0 Å². The van der Waals surface area contributed by atoms with Gasteiger partial charge in [0.2, 0.25) is 0 Å². The average Bonchev–Trinajstić information content (AvgIpc) is 2.61. The van der Waals surface area contributed by atoms with E-state index < -0.39 is 5.97 Å². The van der Waals surface area contributed by atoms with Gasteiger partial charge in [-0.15, -0.1) is 0 Å². The minimum Gasteiger partial charge on any atom is -0.497 e. The fraction of sp³-hybridized carbons (Fsp3) is 0.222. The maximum absolute atomic E-state index is 11.4. The molecule has 0 aliphatic carbocycles. The second-order valence-electron chi connectivity index (χ2n) is 5.23. The molecule has 0 bridgehead atoms. The largest absolute Gasteiger partial charge is 0.497 e. The van der Waals surface area contributed by atoms with E-state index in [4.69, 9.17) is 14.3 Å². The molecule has 0 saturated heterocycles. The first-order valence-corrected chi connectivity index (χ1v) is 9.10. The summed E-state index contributed by atoms with van der Waals surface area (Å²) in [4.78, 5) is 16.7. The summed E-state index contributed by atoms with van der Waals surface area (Å²) in [5, 5.41) is 13.1. The van der Waals surface area contributed by atoms with Gasteiger partial charge < -0.3 is 19.4 Å². The number of oxime groups is 1.